The highest BCUT2D eigenvalue weighted by molar-refractivity contribution is 9.11. The predicted octanol–water partition coefficient (Wildman–Crippen LogP) is 3.34. The Labute approximate surface area is 92.8 Å². The van der Waals surface area contributed by atoms with Gasteiger partial charge in [-0.05, 0) is 5.41 Å². The second-order valence-corrected chi connectivity index (χ2v) is 5.57. The second kappa shape index (κ2) is 3.54. The summed E-state index contributed by atoms with van der Waals surface area (Å²) >= 11 is 3.23. The van der Waals surface area contributed by atoms with Gasteiger partial charge in [0.2, 0.25) is 5.78 Å². The van der Waals surface area contributed by atoms with Gasteiger partial charge in [-0.1, -0.05) is 49.7 Å². The summed E-state index contributed by atoms with van der Waals surface area (Å²) in [6.07, 6.45) is 1.92. The molecule has 2 nitrogen and oxygen atoms in total. The maximum atomic E-state index is 11.6. The smallest absolute Gasteiger partial charge is 0.224 e. The van der Waals surface area contributed by atoms with Gasteiger partial charge >= 0.3 is 0 Å². The van der Waals surface area contributed by atoms with Gasteiger partial charge in [0, 0.05) is 16.0 Å². The molecule has 0 amide bonds. The van der Waals surface area contributed by atoms with Crippen molar-refractivity contribution in [2.45, 2.75) is 27.7 Å². The molecular weight excluding hydrogens is 244 g/mol. The molecule has 78 valence electrons. The number of aliphatic hydroxyl groups is 1. The van der Waals surface area contributed by atoms with Gasteiger partial charge in [-0.15, -0.1) is 0 Å². The van der Waals surface area contributed by atoms with E-state index >= 15 is 0 Å². The Kier molecular flexibility index (Phi) is 2.91. The van der Waals surface area contributed by atoms with Crippen LogP contribution in [0.15, 0.2) is 21.9 Å². The number of ketones is 1. The molecule has 0 saturated carbocycles. The van der Waals surface area contributed by atoms with Crippen LogP contribution in [0.1, 0.15) is 27.7 Å². The molecule has 0 aromatic rings. The van der Waals surface area contributed by atoms with Gasteiger partial charge in [-0.3, -0.25) is 4.79 Å². The topological polar surface area (TPSA) is 37.3 Å². The van der Waals surface area contributed by atoms with E-state index < -0.39 is 0 Å². The van der Waals surface area contributed by atoms with Crippen molar-refractivity contribution in [3.8, 4) is 0 Å². The molecule has 0 aromatic carbocycles. The van der Waals surface area contributed by atoms with Crippen LogP contribution in [0.3, 0.4) is 0 Å². The zero-order valence-electron chi connectivity index (χ0n) is 8.89. The summed E-state index contributed by atoms with van der Waals surface area (Å²) in [5.41, 5.74) is 0.638. The molecule has 1 rings (SSSR count). The first-order valence-corrected chi connectivity index (χ1v) is 5.39. The summed E-state index contributed by atoms with van der Waals surface area (Å²) in [5, 5.41) is 9.45. The fourth-order valence-electron chi connectivity index (χ4n) is 1.44. The van der Waals surface area contributed by atoms with Crippen LogP contribution in [0.4, 0.5) is 0 Å². The minimum atomic E-state index is -0.251. The number of halogens is 1. The summed E-state index contributed by atoms with van der Waals surface area (Å²) in [6.45, 7) is 8.00. The molecule has 0 spiro atoms. The van der Waals surface area contributed by atoms with Gasteiger partial charge in [0.1, 0.15) is 0 Å². The van der Waals surface area contributed by atoms with Crippen LogP contribution in [0, 0.1) is 11.3 Å². The van der Waals surface area contributed by atoms with E-state index in [1.54, 1.807) is 0 Å². The summed E-state index contributed by atoms with van der Waals surface area (Å²) in [5.74, 6) is -0.422. The lowest BCUT2D eigenvalue weighted by Gasteiger charge is -2.15. The molecule has 0 saturated heterocycles. The Morgan fingerprint density at radius 1 is 1.43 bits per heavy atom. The first-order chi connectivity index (χ1) is 6.24. The van der Waals surface area contributed by atoms with Crippen LogP contribution in [0.5, 0.6) is 0 Å². The van der Waals surface area contributed by atoms with E-state index in [1.165, 1.54) is 0 Å². The standard InChI is InChI=1S/C11H15BrO2/c1-6-7(5-11(2,3)4)9(13)10(14)8(6)12/h5-6,14H,1-4H3/b7-5-/t6-/m0/s1. The Morgan fingerprint density at radius 2 is 1.93 bits per heavy atom. The minimum absolute atomic E-state index is 0.0262. The molecule has 0 aliphatic heterocycles. The molecule has 1 aliphatic carbocycles. The van der Waals surface area contributed by atoms with Crippen molar-refractivity contribution in [3.05, 3.63) is 21.9 Å². The van der Waals surface area contributed by atoms with Crippen molar-refractivity contribution in [3.63, 3.8) is 0 Å². The number of Topliss-reactive ketones (excluding diaryl/α,β-unsaturated/α-hetero) is 1. The van der Waals surface area contributed by atoms with Crippen LogP contribution in [-0.4, -0.2) is 10.9 Å². The molecule has 14 heavy (non-hydrogen) atoms. The van der Waals surface area contributed by atoms with Crippen molar-refractivity contribution in [1.82, 2.24) is 0 Å². The van der Waals surface area contributed by atoms with E-state index in [9.17, 15) is 9.90 Å². The second-order valence-electron chi connectivity index (χ2n) is 4.71. The molecule has 3 heteroatoms. The number of allylic oxidation sites excluding steroid dienone is 3. The van der Waals surface area contributed by atoms with Gasteiger partial charge < -0.3 is 5.11 Å². The largest absolute Gasteiger partial charge is 0.504 e. The molecule has 0 heterocycles. The van der Waals surface area contributed by atoms with Crippen molar-refractivity contribution < 1.29 is 9.90 Å². The zero-order chi connectivity index (χ0) is 11.1. The molecule has 1 atom stereocenters. The average molecular weight is 259 g/mol. The summed E-state index contributed by atoms with van der Waals surface area (Å²) < 4.78 is 0.595. The summed E-state index contributed by atoms with van der Waals surface area (Å²) in [4.78, 5) is 11.6. The highest BCUT2D eigenvalue weighted by Gasteiger charge is 2.33. The molecule has 1 aliphatic rings. The molecule has 0 radical (unpaired) electrons. The van der Waals surface area contributed by atoms with E-state index in [-0.39, 0.29) is 22.9 Å². The third-order valence-corrected chi connectivity index (χ3v) is 3.20. The van der Waals surface area contributed by atoms with Crippen LogP contribution < -0.4 is 0 Å². The Morgan fingerprint density at radius 3 is 2.21 bits per heavy atom. The number of aliphatic hydroxyl groups excluding tert-OH is 1. The maximum absolute atomic E-state index is 11.6. The quantitative estimate of drug-likeness (QED) is 0.677. The number of carbonyl (C=O) groups is 1. The number of carbonyl (C=O) groups excluding carboxylic acids is 1. The molecule has 0 unspecified atom stereocenters. The van der Waals surface area contributed by atoms with Gasteiger partial charge in [0.25, 0.3) is 0 Å². The van der Waals surface area contributed by atoms with E-state index in [2.05, 4.69) is 15.9 Å². The lowest BCUT2D eigenvalue weighted by atomic mass is 9.90. The first-order valence-electron chi connectivity index (χ1n) is 4.60. The Balaban J connectivity index is 3.10. The first kappa shape index (κ1) is 11.5. The molecule has 1 N–H and O–H groups in total. The van der Waals surface area contributed by atoms with Crippen molar-refractivity contribution in [2.24, 2.45) is 11.3 Å². The zero-order valence-corrected chi connectivity index (χ0v) is 10.5. The van der Waals surface area contributed by atoms with Crippen LogP contribution in [0.2, 0.25) is 0 Å². The van der Waals surface area contributed by atoms with Gasteiger partial charge in [0.15, 0.2) is 5.76 Å². The minimum Gasteiger partial charge on any atom is -0.504 e. The third-order valence-electron chi connectivity index (χ3n) is 2.14. The normalized spacial score (nSPS) is 26.5. The van der Waals surface area contributed by atoms with E-state index in [0.29, 0.717) is 10.1 Å². The SMILES string of the molecule is C[C@@H]1C(Br)=C(O)C(=O)/C1=C\C(C)(C)C. The van der Waals surface area contributed by atoms with E-state index in [1.807, 2.05) is 33.8 Å². The fraction of sp³-hybridized carbons (Fsp3) is 0.545. The molecule has 0 fully saturated rings. The van der Waals surface area contributed by atoms with E-state index in [4.69, 9.17) is 0 Å². The summed E-state index contributed by atoms with van der Waals surface area (Å²) in [7, 11) is 0. The van der Waals surface area contributed by atoms with Crippen LogP contribution in [0.25, 0.3) is 0 Å². The average Bonchev–Trinajstić information content (AvgIpc) is 2.20. The maximum Gasteiger partial charge on any atom is 0.224 e. The predicted molar refractivity (Wildman–Crippen MR) is 60.3 cm³/mol. The number of rotatable bonds is 0. The lowest BCUT2D eigenvalue weighted by Crippen LogP contribution is -2.09. The highest BCUT2D eigenvalue weighted by atomic mass is 79.9. The summed E-state index contributed by atoms with van der Waals surface area (Å²) in [6, 6.07) is 0. The Bertz CT molecular complexity index is 332. The third kappa shape index (κ3) is 2.08. The van der Waals surface area contributed by atoms with E-state index in [0.717, 1.165) is 0 Å². The molecule has 0 aromatic heterocycles. The van der Waals surface area contributed by atoms with Crippen molar-refractivity contribution >= 4 is 21.7 Å². The van der Waals surface area contributed by atoms with Gasteiger partial charge in [-0.25, -0.2) is 0 Å². The monoisotopic (exact) mass is 258 g/mol. The Hall–Kier alpha value is -0.570. The fourth-order valence-corrected chi connectivity index (χ4v) is 1.87. The lowest BCUT2D eigenvalue weighted by molar-refractivity contribution is -0.114. The van der Waals surface area contributed by atoms with Gasteiger partial charge in [-0.2, -0.15) is 0 Å². The number of hydrogen-bond donors (Lipinski definition) is 1. The highest BCUT2D eigenvalue weighted by Crippen LogP contribution is 2.38. The number of hydrogen-bond acceptors (Lipinski definition) is 2. The van der Waals surface area contributed by atoms with Crippen LogP contribution >= 0.6 is 15.9 Å². The van der Waals surface area contributed by atoms with Crippen LogP contribution in [-0.2, 0) is 4.79 Å². The molecular formula is C11H15BrO2. The van der Waals surface area contributed by atoms with Gasteiger partial charge in [0.05, 0.1) is 0 Å². The van der Waals surface area contributed by atoms with Crippen molar-refractivity contribution in [2.75, 3.05) is 0 Å². The molecule has 0 bridgehead atoms. The van der Waals surface area contributed by atoms with Crippen molar-refractivity contribution in [1.29, 1.82) is 0 Å².